The van der Waals surface area contributed by atoms with Crippen molar-refractivity contribution in [1.29, 1.82) is 0 Å². The first kappa shape index (κ1) is 16.2. The van der Waals surface area contributed by atoms with Crippen LogP contribution in [0.1, 0.15) is 28.4 Å². The van der Waals surface area contributed by atoms with Gasteiger partial charge in [-0.3, -0.25) is 14.6 Å². The normalized spacial score (nSPS) is 16.3. The average Bonchev–Trinajstić information content (AvgIpc) is 3.09. The molecule has 7 nitrogen and oxygen atoms in total. The molecule has 1 aromatic carbocycles. The van der Waals surface area contributed by atoms with E-state index >= 15 is 0 Å². The Labute approximate surface area is 152 Å². The molecule has 0 unspecified atom stereocenters. The summed E-state index contributed by atoms with van der Waals surface area (Å²) in [4.78, 5) is 17.5. The van der Waals surface area contributed by atoms with Gasteiger partial charge in [0.05, 0.1) is 28.8 Å². The molecular weight excluding hydrogens is 362 g/mol. The van der Waals surface area contributed by atoms with E-state index in [2.05, 4.69) is 19.9 Å². The van der Waals surface area contributed by atoms with Crippen LogP contribution in [0.3, 0.4) is 0 Å². The number of carbonyl (C=O) groups is 1. The highest BCUT2D eigenvalue weighted by Gasteiger charge is 2.22. The summed E-state index contributed by atoms with van der Waals surface area (Å²) in [5.41, 5.74) is 7.90. The Kier molecular flexibility index (Phi) is 4.24. The predicted octanol–water partition coefficient (Wildman–Crippen LogP) is 2.83. The third-order valence-electron chi connectivity index (χ3n) is 4.00. The third kappa shape index (κ3) is 3.04. The highest BCUT2D eigenvalue weighted by Crippen LogP contribution is 2.35. The van der Waals surface area contributed by atoms with Crippen LogP contribution in [-0.4, -0.2) is 27.7 Å². The topological polar surface area (TPSA) is 106 Å². The van der Waals surface area contributed by atoms with Gasteiger partial charge in [0.2, 0.25) is 0 Å². The number of nitrogens with zero attached hydrogens (tertiary/aromatic N) is 2. The number of halogens is 1. The molecule has 0 aliphatic carbocycles. The molecule has 0 fully saturated rings. The van der Waals surface area contributed by atoms with Crippen molar-refractivity contribution in [2.45, 2.75) is 17.4 Å². The average molecular weight is 376 g/mol. The number of hydrogen-bond acceptors (Lipinski definition) is 6. The number of nitrogens with one attached hydrogen (secondary N) is 2. The van der Waals surface area contributed by atoms with Gasteiger partial charge in [-0.15, -0.1) is 0 Å². The summed E-state index contributed by atoms with van der Waals surface area (Å²) < 4.78 is 8.40. The molecular formula is C16H14ClN5O2S. The highest BCUT2D eigenvalue weighted by atomic mass is 35.5. The van der Waals surface area contributed by atoms with Crippen LogP contribution in [0.15, 0.2) is 35.5 Å². The molecule has 4 N–H and O–H groups in total. The van der Waals surface area contributed by atoms with Crippen LogP contribution >= 0.6 is 23.5 Å². The van der Waals surface area contributed by atoms with Gasteiger partial charge >= 0.3 is 0 Å². The summed E-state index contributed by atoms with van der Waals surface area (Å²) in [5, 5.41) is 7.92. The maximum atomic E-state index is 12.5. The predicted molar refractivity (Wildman–Crippen MR) is 95.7 cm³/mol. The first-order chi connectivity index (χ1) is 12.1. The fourth-order valence-electron chi connectivity index (χ4n) is 2.68. The number of H-pyrrole nitrogens is 1. The van der Waals surface area contributed by atoms with E-state index in [0.29, 0.717) is 28.6 Å². The Bertz CT molecular complexity index is 961. The highest BCUT2D eigenvalue weighted by molar-refractivity contribution is 7.98. The van der Waals surface area contributed by atoms with E-state index in [0.717, 1.165) is 22.3 Å². The van der Waals surface area contributed by atoms with Crippen LogP contribution in [0.25, 0.3) is 11.0 Å². The number of ether oxygens (including phenoxy) is 1. The van der Waals surface area contributed by atoms with Crippen molar-refractivity contribution in [2.75, 3.05) is 6.61 Å². The minimum Gasteiger partial charge on any atom is -0.493 e. The maximum Gasteiger partial charge on any atom is 0.263 e. The molecule has 1 atom stereocenters. The molecule has 1 aliphatic heterocycles. The Balaban J connectivity index is 1.56. The minimum atomic E-state index is -0.311. The molecule has 1 aliphatic rings. The van der Waals surface area contributed by atoms with E-state index < -0.39 is 0 Å². The second kappa shape index (κ2) is 6.55. The number of hydrogen-bond donors (Lipinski definition) is 3. The van der Waals surface area contributed by atoms with Gasteiger partial charge in [0.15, 0.2) is 5.65 Å². The SMILES string of the molecule is N[C@@H]1CCOc2cc(C(=O)NSc3ccnc4[nH]ncc34)c(Cl)cc21. The number of fused-ring (bicyclic) bond motifs is 2. The van der Waals surface area contributed by atoms with Gasteiger partial charge in [-0.05, 0) is 30.1 Å². The molecule has 0 saturated carbocycles. The van der Waals surface area contributed by atoms with Crippen LogP contribution in [0, 0.1) is 0 Å². The Morgan fingerprint density at radius 3 is 3.24 bits per heavy atom. The quantitative estimate of drug-likeness (QED) is 0.608. The first-order valence-corrected chi connectivity index (χ1v) is 8.80. The molecule has 25 heavy (non-hydrogen) atoms. The minimum absolute atomic E-state index is 0.126. The summed E-state index contributed by atoms with van der Waals surface area (Å²) in [5.74, 6) is 0.299. The van der Waals surface area contributed by atoms with Crippen molar-refractivity contribution in [3.8, 4) is 5.75 Å². The van der Waals surface area contributed by atoms with Gasteiger partial charge in [-0.1, -0.05) is 11.6 Å². The van der Waals surface area contributed by atoms with Crippen LogP contribution in [-0.2, 0) is 0 Å². The number of aromatic amines is 1. The van der Waals surface area contributed by atoms with Crippen LogP contribution in [0.4, 0.5) is 0 Å². The fourth-order valence-corrected chi connectivity index (χ4v) is 3.64. The summed E-state index contributed by atoms with van der Waals surface area (Å²) in [7, 11) is 0. The fraction of sp³-hybridized carbons (Fsp3) is 0.188. The van der Waals surface area contributed by atoms with Crippen LogP contribution < -0.4 is 15.2 Å². The van der Waals surface area contributed by atoms with Gasteiger partial charge in [0.25, 0.3) is 5.91 Å². The van der Waals surface area contributed by atoms with E-state index in [1.807, 2.05) is 0 Å². The number of pyridine rings is 1. The molecule has 0 radical (unpaired) electrons. The zero-order chi connectivity index (χ0) is 17.4. The van der Waals surface area contributed by atoms with Gasteiger partial charge < -0.3 is 10.5 Å². The Morgan fingerprint density at radius 2 is 2.36 bits per heavy atom. The molecule has 128 valence electrons. The number of nitrogens with two attached hydrogens (primary N) is 1. The molecule has 1 amide bonds. The number of benzene rings is 1. The van der Waals surface area contributed by atoms with Crippen molar-refractivity contribution in [3.63, 3.8) is 0 Å². The summed E-state index contributed by atoms with van der Waals surface area (Å²) in [6.45, 7) is 0.529. The number of aromatic nitrogens is 3. The molecule has 9 heteroatoms. The number of amides is 1. The lowest BCUT2D eigenvalue weighted by molar-refractivity contribution is 0.0984. The maximum absolute atomic E-state index is 12.5. The molecule has 2 aromatic heterocycles. The lowest BCUT2D eigenvalue weighted by Crippen LogP contribution is -2.22. The smallest absolute Gasteiger partial charge is 0.263 e. The summed E-state index contributed by atoms with van der Waals surface area (Å²) in [6, 6.07) is 5.03. The largest absolute Gasteiger partial charge is 0.493 e. The first-order valence-electron chi connectivity index (χ1n) is 7.60. The molecule has 0 bridgehead atoms. The number of rotatable bonds is 3. The van der Waals surface area contributed by atoms with Crippen molar-refractivity contribution in [3.05, 3.63) is 46.7 Å². The van der Waals surface area contributed by atoms with Crippen molar-refractivity contribution in [2.24, 2.45) is 5.73 Å². The van der Waals surface area contributed by atoms with E-state index in [9.17, 15) is 4.79 Å². The Morgan fingerprint density at radius 1 is 1.48 bits per heavy atom. The molecule has 0 saturated heterocycles. The van der Waals surface area contributed by atoms with Crippen LogP contribution in [0.5, 0.6) is 5.75 Å². The summed E-state index contributed by atoms with van der Waals surface area (Å²) >= 11 is 7.45. The second-order valence-electron chi connectivity index (χ2n) is 5.59. The lowest BCUT2D eigenvalue weighted by atomic mass is 9.99. The summed E-state index contributed by atoms with van der Waals surface area (Å²) in [6.07, 6.45) is 4.04. The second-order valence-corrected chi connectivity index (χ2v) is 6.84. The van der Waals surface area contributed by atoms with Crippen molar-refractivity contribution < 1.29 is 9.53 Å². The van der Waals surface area contributed by atoms with Gasteiger partial charge in [-0.2, -0.15) is 5.10 Å². The van der Waals surface area contributed by atoms with Crippen molar-refractivity contribution >= 4 is 40.5 Å². The zero-order valence-corrected chi connectivity index (χ0v) is 14.5. The van der Waals surface area contributed by atoms with Gasteiger partial charge in [0, 0.05) is 29.1 Å². The monoisotopic (exact) mass is 375 g/mol. The molecule has 3 heterocycles. The zero-order valence-electron chi connectivity index (χ0n) is 13.0. The van der Waals surface area contributed by atoms with E-state index in [1.54, 1.807) is 30.6 Å². The Hall–Kier alpha value is -2.29. The van der Waals surface area contributed by atoms with E-state index in [1.165, 1.54) is 11.9 Å². The third-order valence-corrected chi connectivity index (χ3v) is 5.17. The molecule has 3 aromatic rings. The lowest BCUT2D eigenvalue weighted by Gasteiger charge is -2.23. The standard InChI is InChI=1S/C16H14ClN5O2S/c17-11-5-9-12(18)2-4-24-13(9)6-8(11)16(23)22-25-14-1-3-19-15-10(14)7-20-21-15/h1,3,5-7,12H,2,4,18H2,(H,22,23)(H,19,20,21)/t12-/m1/s1. The van der Waals surface area contributed by atoms with Gasteiger partial charge in [0.1, 0.15) is 5.75 Å². The molecule has 0 spiro atoms. The van der Waals surface area contributed by atoms with E-state index in [-0.39, 0.29) is 11.9 Å². The number of carbonyl (C=O) groups excluding carboxylic acids is 1. The van der Waals surface area contributed by atoms with Crippen molar-refractivity contribution in [1.82, 2.24) is 19.9 Å². The van der Waals surface area contributed by atoms with E-state index in [4.69, 9.17) is 22.1 Å². The van der Waals surface area contributed by atoms with Crippen LogP contribution in [0.2, 0.25) is 5.02 Å². The molecule has 4 rings (SSSR count). The van der Waals surface area contributed by atoms with Gasteiger partial charge in [-0.25, -0.2) is 4.98 Å².